The van der Waals surface area contributed by atoms with E-state index in [2.05, 4.69) is 20.8 Å². The first-order chi connectivity index (χ1) is 4.62. The van der Waals surface area contributed by atoms with E-state index in [1.807, 2.05) is 5.41 Å². The number of aliphatic hydroxyl groups is 1. The SMILES string of the molecule is CCC(C)(C)S/C=C/CO. The van der Waals surface area contributed by atoms with Gasteiger partial charge in [0.2, 0.25) is 0 Å². The first kappa shape index (κ1) is 10.0. The van der Waals surface area contributed by atoms with Gasteiger partial charge in [0, 0.05) is 4.75 Å². The molecule has 0 atom stereocenters. The molecule has 0 rings (SSSR count). The summed E-state index contributed by atoms with van der Waals surface area (Å²) < 4.78 is 0.311. The minimum absolute atomic E-state index is 0.146. The van der Waals surface area contributed by atoms with Crippen LogP contribution in [-0.4, -0.2) is 16.5 Å². The molecule has 0 heterocycles. The van der Waals surface area contributed by atoms with E-state index in [1.165, 1.54) is 0 Å². The summed E-state index contributed by atoms with van der Waals surface area (Å²) in [4.78, 5) is 0. The van der Waals surface area contributed by atoms with Gasteiger partial charge in [-0.2, -0.15) is 0 Å². The lowest BCUT2D eigenvalue weighted by Crippen LogP contribution is -2.10. The Bertz CT molecular complexity index is 108. The fourth-order valence-corrected chi connectivity index (χ4v) is 1.08. The molecule has 10 heavy (non-hydrogen) atoms. The van der Waals surface area contributed by atoms with Crippen molar-refractivity contribution in [2.75, 3.05) is 6.61 Å². The third-order valence-corrected chi connectivity index (χ3v) is 2.70. The van der Waals surface area contributed by atoms with Gasteiger partial charge in [-0.05, 0) is 11.8 Å². The van der Waals surface area contributed by atoms with Crippen molar-refractivity contribution in [1.82, 2.24) is 0 Å². The molecule has 0 bridgehead atoms. The van der Waals surface area contributed by atoms with Crippen molar-refractivity contribution >= 4 is 11.8 Å². The zero-order chi connectivity index (χ0) is 8.04. The summed E-state index contributed by atoms with van der Waals surface area (Å²) in [6.45, 7) is 6.70. The smallest absolute Gasteiger partial charge is 0.0620 e. The zero-order valence-electron chi connectivity index (χ0n) is 6.92. The summed E-state index contributed by atoms with van der Waals surface area (Å²) in [5.74, 6) is 0. The maximum atomic E-state index is 8.44. The topological polar surface area (TPSA) is 20.2 Å². The third-order valence-electron chi connectivity index (χ3n) is 1.44. The molecule has 0 unspecified atom stereocenters. The van der Waals surface area contributed by atoms with Gasteiger partial charge in [-0.1, -0.05) is 26.8 Å². The van der Waals surface area contributed by atoms with Crippen LogP contribution >= 0.6 is 11.8 Å². The number of hydrogen-bond donors (Lipinski definition) is 1. The molecule has 2 heteroatoms. The minimum Gasteiger partial charge on any atom is -0.392 e. The molecule has 0 aliphatic carbocycles. The molecular weight excluding hydrogens is 144 g/mol. The van der Waals surface area contributed by atoms with Gasteiger partial charge in [0.25, 0.3) is 0 Å². The monoisotopic (exact) mass is 160 g/mol. The molecule has 0 saturated carbocycles. The Morgan fingerprint density at radius 3 is 2.50 bits per heavy atom. The van der Waals surface area contributed by atoms with Gasteiger partial charge in [0.15, 0.2) is 0 Å². The lowest BCUT2D eigenvalue weighted by atomic mass is 10.1. The Balaban J connectivity index is 3.56. The molecule has 0 amide bonds. The molecular formula is C8H16OS. The lowest BCUT2D eigenvalue weighted by molar-refractivity contribution is 0.343. The molecule has 0 aromatic heterocycles. The summed E-state index contributed by atoms with van der Waals surface area (Å²) in [6.07, 6.45) is 2.91. The summed E-state index contributed by atoms with van der Waals surface area (Å²) in [5, 5.41) is 10.4. The van der Waals surface area contributed by atoms with Gasteiger partial charge in [-0.15, -0.1) is 11.8 Å². The molecule has 0 fully saturated rings. The average Bonchev–Trinajstić information content (AvgIpc) is 1.89. The average molecular weight is 160 g/mol. The van der Waals surface area contributed by atoms with Crippen molar-refractivity contribution in [3.05, 3.63) is 11.5 Å². The maximum Gasteiger partial charge on any atom is 0.0620 e. The lowest BCUT2D eigenvalue weighted by Gasteiger charge is -2.18. The minimum atomic E-state index is 0.146. The van der Waals surface area contributed by atoms with E-state index in [0.717, 1.165) is 6.42 Å². The van der Waals surface area contributed by atoms with Gasteiger partial charge in [-0.25, -0.2) is 0 Å². The molecule has 0 radical (unpaired) electrons. The van der Waals surface area contributed by atoms with Crippen molar-refractivity contribution < 1.29 is 5.11 Å². The predicted molar refractivity (Wildman–Crippen MR) is 48.2 cm³/mol. The van der Waals surface area contributed by atoms with Crippen molar-refractivity contribution in [2.45, 2.75) is 31.9 Å². The van der Waals surface area contributed by atoms with E-state index in [-0.39, 0.29) is 6.61 Å². The Hall–Kier alpha value is 0.0500. The molecule has 0 saturated heterocycles. The number of thioether (sulfide) groups is 1. The van der Waals surface area contributed by atoms with E-state index in [1.54, 1.807) is 17.8 Å². The second-order valence-corrected chi connectivity index (χ2v) is 4.40. The van der Waals surface area contributed by atoms with Crippen LogP contribution in [0.5, 0.6) is 0 Å². The van der Waals surface area contributed by atoms with Crippen molar-refractivity contribution in [3.8, 4) is 0 Å². The van der Waals surface area contributed by atoms with E-state index in [4.69, 9.17) is 5.11 Å². The molecule has 0 spiro atoms. The summed E-state index contributed by atoms with van der Waals surface area (Å²) in [6, 6.07) is 0. The molecule has 0 aliphatic rings. The maximum absolute atomic E-state index is 8.44. The van der Waals surface area contributed by atoms with Crippen molar-refractivity contribution in [3.63, 3.8) is 0 Å². The predicted octanol–water partition coefficient (Wildman–Crippen LogP) is 2.41. The van der Waals surface area contributed by atoms with Gasteiger partial charge < -0.3 is 5.11 Å². The van der Waals surface area contributed by atoms with Crippen LogP contribution in [-0.2, 0) is 0 Å². The highest BCUT2D eigenvalue weighted by molar-refractivity contribution is 8.03. The van der Waals surface area contributed by atoms with Gasteiger partial charge in [0.1, 0.15) is 0 Å². The number of aliphatic hydroxyl groups excluding tert-OH is 1. The number of hydrogen-bond acceptors (Lipinski definition) is 2. The van der Waals surface area contributed by atoms with E-state index in [9.17, 15) is 0 Å². The number of rotatable bonds is 4. The molecule has 0 aromatic carbocycles. The van der Waals surface area contributed by atoms with Crippen LogP contribution in [0.3, 0.4) is 0 Å². The van der Waals surface area contributed by atoms with Gasteiger partial charge in [-0.3, -0.25) is 0 Å². The Kier molecular flexibility index (Phi) is 4.83. The van der Waals surface area contributed by atoms with Gasteiger partial charge in [0.05, 0.1) is 6.61 Å². The fourth-order valence-electron chi connectivity index (χ4n) is 0.359. The zero-order valence-corrected chi connectivity index (χ0v) is 7.74. The van der Waals surface area contributed by atoms with E-state index >= 15 is 0 Å². The van der Waals surface area contributed by atoms with Crippen molar-refractivity contribution in [1.29, 1.82) is 0 Å². The van der Waals surface area contributed by atoms with Crippen LogP contribution in [0.25, 0.3) is 0 Å². The Labute approximate surface area is 67.5 Å². The highest BCUT2D eigenvalue weighted by Gasteiger charge is 2.12. The van der Waals surface area contributed by atoms with E-state index in [0.29, 0.717) is 4.75 Å². The van der Waals surface area contributed by atoms with Crippen LogP contribution in [0.15, 0.2) is 11.5 Å². The largest absolute Gasteiger partial charge is 0.392 e. The Morgan fingerprint density at radius 2 is 2.10 bits per heavy atom. The second-order valence-electron chi connectivity index (χ2n) is 2.79. The van der Waals surface area contributed by atoms with E-state index < -0.39 is 0 Å². The highest BCUT2D eigenvalue weighted by atomic mass is 32.2. The fraction of sp³-hybridized carbons (Fsp3) is 0.750. The molecule has 60 valence electrons. The summed E-state index contributed by atoms with van der Waals surface area (Å²) in [5.41, 5.74) is 0. The van der Waals surface area contributed by atoms with Crippen LogP contribution in [0.2, 0.25) is 0 Å². The molecule has 0 aromatic rings. The Morgan fingerprint density at radius 1 is 1.50 bits per heavy atom. The standard InChI is InChI=1S/C8H16OS/c1-4-8(2,3)10-7-5-6-9/h5,7,9H,4,6H2,1-3H3/b7-5+. The van der Waals surface area contributed by atoms with Gasteiger partial charge >= 0.3 is 0 Å². The summed E-state index contributed by atoms with van der Waals surface area (Å²) >= 11 is 1.76. The summed E-state index contributed by atoms with van der Waals surface area (Å²) in [7, 11) is 0. The molecule has 1 N–H and O–H groups in total. The third kappa shape index (κ3) is 4.89. The highest BCUT2D eigenvalue weighted by Crippen LogP contribution is 2.28. The molecule has 1 nitrogen and oxygen atoms in total. The van der Waals surface area contributed by atoms with Crippen molar-refractivity contribution in [2.24, 2.45) is 0 Å². The second kappa shape index (κ2) is 4.80. The molecule has 0 aliphatic heterocycles. The van der Waals surface area contributed by atoms with Crippen LogP contribution in [0, 0.1) is 0 Å². The van der Waals surface area contributed by atoms with Crippen LogP contribution < -0.4 is 0 Å². The first-order valence-electron chi connectivity index (χ1n) is 3.56. The van der Waals surface area contributed by atoms with Crippen LogP contribution in [0.4, 0.5) is 0 Å². The normalized spacial score (nSPS) is 12.8. The quantitative estimate of drug-likeness (QED) is 0.681. The first-order valence-corrected chi connectivity index (χ1v) is 4.44. The van der Waals surface area contributed by atoms with Crippen LogP contribution in [0.1, 0.15) is 27.2 Å².